The third kappa shape index (κ3) is 5.43. The average molecular weight is 502 g/mol. The van der Waals surface area contributed by atoms with Crippen LogP contribution in [0.15, 0.2) is 46.5 Å². The molecule has 5 rings (SSSR count). The Hall–Kier alpha value is -3.11. The van der Waals surface area contributed by atoms with Crippen LogP contribution in [0.5, 0.6) is 0 Å². The van der Waals surface area contributed by atoms with Crippen molar-refractivity contribution in [3.63, 3.8) is 0 Å². The van der Waals surface area contributed by atoms with Gasteiger partial charge in [0.25, 0.3) is 5.91 Å². The molecular formula is C25H39N7O2S. The molecule has 1 aliphatic heterocycles. The van der Waals surface area contributed by atoms with E-state index in [-0.39, 0.29) is 17.6 Å². The molecule has 3 aromatic rings. The first-order chi connectivity index (χ1) is 16.3. The number of aromatic nitrogens is 4. The van der Waals surface area contributed by atoms with Gasteiger partial charge in [-0.1, -0.05) is 7.43 Å². The van der Waals surface area contributed by atoms with Crippen LogP contribution in [-0.4, -0.2) is 68.4 Å². The molecule has 0 spiro atoms. The first-order valence-corrected chi connectivity index (χ1v) is 12.3. The normalized spacial score (nSPS) is 16.3. The molecule has 0 radical (unpaired) electrons. The Balaban J connectivity index is 0.00000180. The van der Waals surface area contributed by atoms with Gasteiger partial charge in [-0.05, 0) is 68.6 Å². The van der Waals surface area contributed by atoms with E-state index in [4.69, 9.17) is 4.98 Å². The number of nitrogens with one attached hydrogen (secondary N) is 2. The molecule has 192 valence electrons. The fraction of sp³-hybridized carbons (Fsp3) is 0.440. The second kappa shape index (κ2) is 9.87. The van der Waals surface area contributed by atoms with E-state index >= 15 is 0 Å². The van der Waals surface area contributed by atoms with E-state index in [1.165, 1.54) is 11.8 Å². The molecule has 0 atom stereocenters. The van der Waals surface area contributed by atoms with Crippen molar-refractivity contribution in [2.75, 3.05) is 36.9 Å². The minimum atomic E-state index is -0.598. The van der Waals surface area contributed by atoms with Gasteiger partial charge in [0.1, 0.15) is 17.2 Å². The van der Waals surface area contributed by atoms with Crippen molar-refractivity contribution >= 4 is 35.1 Å². The minimum Gasteiger partial charge on any atom is -0.386 e. The van der Waals surface area contributed by atoms with Gasteiger partial charge in [0.15, 0.2) is 11.0 Å². The van der Waals surface area contributed by atoms with Gasteiger partial charge in [0.2, 0.25) is 0 Å². The Morgan fingerprint density at radius 1 is 1.26 bits per heavy atom. The van der Waals surface area contributed by atoms with Gasteiger partial charge in [-0.15, -0.1) is 0 Å². The van der Waals surface area contributed by atoms with Crippen molar-refractivity contribution in [3.8, 4) is 0 Å². The van der Waals surface area contributed by atoms with Crippen molar-refractivity contribution in [2.45, 2.75) is 49.8 Å². The van der Waals surface area contributed by atoms with Gasteiger partial charge in [0, 0.05) is 46.2 Å². The number of benzene rings is 1. The average Bonchev–Trinajstić information content (AvgIpc) is 3.59. The highest BCUT2D eigenvalue weighted by molar-refractivity contribution is 7.99. The quantitative estimate of drug-likeness (QED) is 0.377. The molecule has 0 unspecified atom stereocenters. The summed E-state index contributed by atoms with van der Waals surface area (Å²) in [5.41, 5.74) is 1.01. The number of β-amino-alcohol motifs (C(OH)–C–C–N with tert-alkyl or cyclic N) is 1. The molecule has 2 fully saturated rings. The van der Waals surface area contributed by atoms with Gasteiger partial charge in [-0.2, -0.15) is 5.10 Å². The monoisotopic (exact) mass is 501 g/mol. The van der Waals surface area contributed by atoms with E-state index in [0.717, 1.165) is 29.2 Å². The Morgan fingerprint density at radius 3 is 2.57 bits per heavy atom. The van der Waals surface area contributed by atoms with E-state index in [9.17, 15) is 9.90 Å². The highest BCUT2D eigenvalue weighted by Gasteiger charge is 2.52. The molecule has 2 aromatic heterocycles. The fourth-order valence-electron chi connectivity index (χ4n) is 4.09. The predicted molar refractivity (Wildman–Crippen MR) is 145 cm³/mol. The van der Waals surface area contributed by atoms with Crippen LogP contribution in [0, 0.1) is 12.8 Å². The maximum absolute atomic E-state index is 12.4. The molecule has 1 saturated carbocycles. The number of amides is 1. The zero-order valence-electron chi connectivity index (χ0n) is 19.6. The molecule has 3 heterocycles. The van der Waals surface area contributed by atoms with Crippen LogP contribution < -0.4 is 10.2 Å². The number of aryl methyl sites for hydroxylation is 1. The second-order valence-corrected chi connectivity index (χ2v) is 10.2. The Bertz CT molecular complexity index is 1200. The molecule has 1 aromatic carbocycles. The first-order valence-electron chi connectivity index (χ1n) is 11.5. The van der Waals surface area contributed by atoms with Gasteiger partial charge in [-0.25, -0.2) is 9.97 Å². The van der Waals surface area contributed by atoms with Gasteiger partial charge < -0.3 is 20.2 Å². The lowest BCUT2D eigenvalue weighted by Crippen LogP contribution is -2.63. The van der Waals surface area contributed by atoms with Gasteiger partial charge in [0.05, 0.1) is 13.1 Å². The number of hydrogen-bond acceptors (Lipinski definition) is 8. The predicted octanol–water partition coefficient (Wildman–Crippen LogP) is 4.83. The van der Waals surface area contributed by atoms with E-state index in [0.29, 0.717) is 47.9 Å². The number of nitrogens with zero attached hydrogens (tertiary/aromatic N) is 5. The lowest BCUT2D eigenvalue weighted by molar-refractivity contribution is -0.00980. The Kier molecular flexibility index (Phi) is 7.05. The number of carbonyl (C=O) groups is 1. The number of carbonyl (C=O) groups excluding carboxylic acids is 1. The van der Waals surface area contributed by atoms with Crippen LogP contribution in [-0.2, 0) is 0 Å². The third-order valence-electron chi connectivity index (χ3n) is 6.38. The second-order valence-electron chi connectivity index (χ2n) is 9.13. The SMILES string of the molecule is C.CCN(C)C(=O)c1ccc(Sc2nc(Nc3cc(C)[nH]n3)cc(N3CC(O)(C4CC4)C3)n2)cc1.[HH].[HH].[HH]. The van der Waals surface area contributed by atoms with Crippen LogP contribution >= 0.6 is 11.8 Å². The van der Waals surface area contributed by atoms with Crippen LogP contribution in [0.25, 0.3) is 0 Å². The summed E-state index contributed by atoms with van der Waals surface area (Å²) in [5.74, 6) is 2.50. The summed E-state index contributed by atoms with van der Waals surface area (Å²) in [7, 11) is 1.79. The fourth-order valence-corrected chi connectivity index (χ4v) is 4.85. The lowest BCUT2D eigenvalue weighted by atomic mass is 9.89. The molecular weight excluding hydrogens is 462 g/mol. The van der Waals surface area contributed by atoms with Gasteiger partial charge in [-0.3, -0.25) is 9.89 Å². The first kappa shape index (κ1) is 25.0. The maximum Gasteiger partial charge on any atom is 0.253 e. The summed E-state index contributed by atoms with van der Waals surface area (Å²) >= 11 is 1.43. The van der Waals surface area contributed by atoms with E-state index < -0.39 is 5.60 Å². The molecule has 10 heteroatoms. The van der Waals surface area contributed by atoms with Crippen LogP contribution in [0.1, 0.15) is 47.5 Å². The highest BCUT2D eigenvalue weighted by Crippen LogP contribution is 2.45. The maximum atomic E-state index is 12.4. The zero-order valence-corrected chi connectivity index (χ0v) is 20.4. The van der Waals surface area contributed by atoms with Crippen LogP contribution in [0.4, 0.5) is 17.5 Å². The van der Waals surface area contributed by atoms with Crippen molar-refractivity contribution in [2.24, 2.45) is 5.92 Å². The topological polar surface area (TPSA) is 110 Å². The number of hydrogen-bond donors (Lipinski definition) is 3. The van der Waals surface area contributed by atoms with Crippen molar-refractivity contribution in [1.82, 2.24) is 25.1 Å². The molecule has 1 amide bonds. The summed E-state index contributed by atoms with van der Waals surface area (Å²) in [5, 5.41) is 21.8. The number of anilines is 3. The smallest absolute Gasteiger partial charge is 0.253 e. The number of aromatic amines is 1. The van der Waals surface area contributed by atoms with Crippen molar-refractivity contribution in [1.29, 1.82) is 0 Å². The van der Waals surface area contributed by atoms with Gasteiger partial charge >= 0.3 is 0 Å². The Morgan fingerprint density at radius 2 is 1.97 bits per heavy atom. The molecule has 35 heavy (non-hydrogen) atoms. The van der Waals surface area contributed by atoms with E-state index in [2.05, 4.69) is 25.4 Å². The van der Waals surface area contributed by atoms with Crippen LogP contribution in [0.2, 0.25) is 0 Å². The minimum absolute atomic E-state index is 0. The van der Waals surface area contributed by atoms with Crippen molar-refractivity contribution in [3.05, 3.63) is 47.7 Å². The summed E-state index contributed by atoms with van der Waals surface area (Å²) in [6, 6.07) is 11.3. The number of H-pyrrole nitrogens is 1. The Labute approximate surface area is 214 Å². The molecule has 2 aliphatic rings. The summed E-state index contributed by atoms with van der Waals surface area (Å²) in [6.45, 7) is 5.72. The molecule has 1 aliphatic carbocycles. The summed E-state index contributed by atoms with van der Waals surface area (Å²) < 4.78 is 0. The molecule has 3 N–H and O–H groups in total. The number of rotatable bonds is 8. The molecule has 1 saturated heterocycles. The summed E-state index contributed by atoms with van der Waals surface area (Å²) in [6.07, 6.45) is 2.21. The van der Waals surface area contributed by atoms with E-state index in [1.54, 1.807) is 11.9 Å². The number of aliphatic hydroxyl groups is 1. The standard InChI is InChI=1S/C24H29N7O2S.CH4.3H2/c1-4-30(3)22(32)16-5-9-18(10-6-16)34-23-26-19(25-20-11-15(2)28-29-20)12-21(27-23)31-13-24(33,14-31)17-7-8-17;;;;/h5-6,9-12,17,33H,4,7-8,13-14H2,1-3H3,(H2,25,26,27,28,29);1H4;3*1H. The van der Waals surface area contributed by atoms with Crippen LogP contribution in [0.3, 0.4) is 0 Å². The molecule has 0 bridgehead atoms. The largest absolute Gasteiger partial charge is 0.386 e. The molecule has 9 nitrogen and oxygen atoms in total. The lowest BCUT2D eigenvalue weighted by Gasteiger charge is -2.47. The summed E-state index contributed by atoms with van der Waals surface area (Å²) in [4.78, 5) is 26.5. The zero-order chi connectivity index (χ0) is 23.9. The van der Waals surface area contributed by atoms with E-state index in [1.807, 2.05) is 50.2 Å². The third-order valence-corrected chi connectivity index (χ3v) is 7.25. The van der Waals surface area contributed by atoms with Crippen molar-refractivity contribution < 1.29 is 14.2 Å². The highest BCUT2D eigenvalue weighted by atomic mass is 32.2.